The Morgan fingerprint density at radius 2 is 0.938 bits per heavy atom. The maximum absolute atomic E-state index is 10.8. The summed E-state index contributed by atoms with van der Waals surface area (Å²) in [5.74, 6) is 8.24. The van der Waals surface area contributed by atoms with Crippen molar-refractivity contribution in [2.45, 2.75) is 120 Å². The molecule has 0 spiro atoms. The summed E-state index contributed by atoms with van der Waals surface area (Å²) >= 11 is 9.40. The number of unbranched alkanes of at least 4 members (excludes halogenated alkanes) is 1. The van der Waals surface area contributed by atoms with Crippen molar-refractivity contribution < 1.29 is 29.3 Å². The Bertz CT molecular complexity index is 1340. The van der Waals surface area contributed by atoms with E-state index in [1.165, 1.54) is 7.11 Å². The summed E-state index contributed by atoms with van der Waals surface area (Å²) in [5.41, 5.74) is 0. The summed E-state index contributed by atoms with van der Waals surface area (Å²) in [7, 11) is 1.42. The first kappa shape index (κ1) is 71.1. The highest BCUT2D eigenvalue weighted by atomic mass is 32.2. The van der Waals surface area contributed by atoms with E-state index in [9.17, 15) is 14.4 Å². The number of hydrogen-bond acceptors (Lipinski definition) is 9. The van der Waals surface area contributed by atoms with Gasteiger partial charge in [-0.1, -0.05) is 196 Å². The van der Waals surface area contributed by atoms with Crippen molar-refractivity contribution in [2.24, 2.45) is 23.7 Å². The molecule has 0 aliphatic heterocycles. The van der Waals surface area contributed by atoms with Crippen LogP contribution in [-0.2, 0) is 19.1 Å². The number of carboxylic acid groups (broad SMARTS) is 1. The van der Waals surface area contributed by atoms with Gasteiger partial charge in [0.05, 0.1) is 19.6 Å². The minimum absolute atomic E-state index is 0.133. The third-order valence-electron chi connectivity index (χ3n) is 7.01. The summed E-state index contributed by atoms with van der Waals surface area (Å²) in [4.78, 5) is 31.0. The highest BCUT2D eigenvalue weighted by molar-refractivity contribution is 7.99. The van der Waals surface area contributed by atoms with Gasteiger partial charge in [0.2, 0.25) is 0 Å². The number of thioether (sulfide) groups is 3. The fraction of sp³-hybridized carbons (Fsp3) is 0.545. The van der Waals surface area contributed by atoms with Crippen molar-refractivity contribution in [2.75, 3.05) is 47.4 Å². The molecular formula is C55H92O6S4. The first-order valence-electron chi connectivity index (χ1n) is 23.2. The molecule has 0 aliphatic rings. The minimum atomic E-state index is -0.722. The number of carboxylic acids is 1. The van der Waals surface area contributed by atoms with Crippen LogP contribution in [0.3, 0.4) is 0 Å². The van der Waals surface area contributed by atoms with Crippen LogP contribution in [0.5, 0.6) is 0 Å². The van der Waals surface area contributed by atoms with Gasteiger partial charge in [-0.3, -0.25) is 9.59 Å². The molecule has 0 aromatic carbocycles. The van der Waals surface area contributed by atoms with Crippen LogP contribution in [0.1, 0.15) is 114 Å². The van der Waals surface area contributed by atoms with Crippen LogP contribution in [0.15, 0.2) is 134 Å². The Kier molecular flexibility index (Phi) is 69.1. The zero-order chi connectivity index (χ0) is 50.0. The average molecular weight is 978 g/mol. The lowest BCUT2D eigenvalue weighted by atomic mass is 10.2. The zero-order valence-corrected chi connectivity index (χ0v) is 45.6. The Labute approximate surface area is 418 Å². The van der Waals surface area contributed by atoms with Gasteiger partial charge in [-0.2, -0.15) is 47.9 Å². The van der Waals surface area contributed by atoms with Crippen LogP contribution in [0.4, 0.5) is 0 Å². The summed E-state index contributed by atoms with van der Waals surface area (Å²) in [6.45, 7) is 21.1. The number of rotatable bonds is 31. The number of esters is 1. The highest BCUT2D eigenvalue weighted by Crippen LogP contribution is 2.06. The number of ether oxygens (including phenoxy) is 1. The fourth-order valence-corrected chi connectivity index (χ4v) is 5.97. The highest BCUT2D eigenvalue weighted by Gasteiger charge is 1.97. The number of aliphatic hydroxyl groups excluding tert-OH is 1. The molecule has 0 fully saturated rings. The van der Waals surface area contributed by atoms with Crippen molar-refractivity contribution >= 4 is 66.1 Å². The molecule has 6 nitrogen and oxygen atoms in total. The molecular weight excluding hydrogens is 885 g/mol. The normalized spacial score (nSPS) is 12.6. The molecule has 0 amide bonds. The first-order valence-corrected chi connectivity index (χ1v) is 27.3. The lowest BCUT2D eigenvalue weighted by Gasteiger charge is -1.96. The monoisotopic (exact) mass is 977 g/mol. The Hall–Kier alpha value is -2.89. The molecule has 0 heterocycles. The molecule has 0 radical (unpaired) electrons. The number of hydrogen-bond donors (Lipinski definition) is 3. The van der Waals surface area contributed by atoms with E-state index in [0.717, 1.165) is 72.2 Å². The summed E-state index contributed by atoms with van der Waals surface area (Å²) in [6, 6.07) is 0. The SMILES string of the molecule is CC(C)/C=C/C=C\CS.CC(C)/C=C/C=C\CSCCC=O.CC(O)/C=C/C=C\CSCC/C=C\CCCC(=O)O.CC/C=C\C=C\C(C)C.COC(=O)CCSC/C=C\C=C\C(C)C. The van der Waals surface area contributed by atoms with E-state index in [1.54, 1.807) is 36.5 Å². The quantitative estimate of drug-likeness (QED) is 0.0157. The maximum Gasteiger partial charge on any atom is 0.306 e. The lowest BCUT2D eigenvalue weighted by Crippen LogP contribution is -2.01. The molecule has 1 unspecified atom stereocenters. The summed E-state index contributed by atoms with van der Waals surface area (Å²) < 4.78 is 4.54. The van der Waals surface area contributed by atoms with Crippen LogP contribution in [0.25, 0.3) is 0 Å². The van der Waals surface area contributed by atoms with Crippen LogP contribution < -0.4 is 0 Å². The largest absolute Gasteiger partial charge is 0.481 e. The molecule has 0 bridgehead atoms. The second-order valence-corrected chi connectivity index (χ2v) is 19.2. The van der Waals surface area contributed by atoms with E-state index < -0.39 is 5.97 Å². The Morgan fingerprint density at radius 1 is 0.538 bits per heavy atom. The predicted octanol–water partition coefficient (Wildman–Crippen LogP) is 15.4. The Morgan fingerprint density at radius 3 is 1.32 bits per heavy atom. The minimum Gasteiger partial charge on any atom is -0.481 e. The van der Waals surface area contributed by atoms with Gasteiger partial charge in [-0.15, -0.1) is 0 Å². The third-order valence-corrected chi connectivity index (χ3v) is 10.0. The Balaban J connectivity index is -0.000000238. The van der Waals surface area contributed by atoms with Gasteiger partial charge in [-0.05, 0) is 62.0 Å². The van der Waals surface area contributed by atoms with Gasteiger partial charge in [0.25, 0.3) is 0 Å². The first-order chi connectivity index (χ1) is 31.1. The summed E-state index contributed by atoms with van der Waals surface area (Å²) in [6.07, 6.45) is 51.1. The molecule has 0 saturated carbocycles. The van der Waals surface area contributed by atoms with Gasteiger partial charge in [-0.25, -0.2) is 0 Å². The molecule has 372 valence electrons. The molecule has 0 aromatic heterocycles. The zero-order valence-electron chi connectivity index (χ0n) is 42.3. The van der Waals surface area contributed by atoms with Crippen LogP contribution in [0, 0.1) is 23.7 Å². The number of aliphatic carboxylic acids is 1. The average Bonchev–Trinajstić information content (AvgIpc) is 3.25. The van der Waals surface area contributed by atoms with Crippen LogP contribution >= 0.6 is 47.9 Å². The van der Waals surface area contributed by atoms with E-state index in [4.69, 9.17) is 10.2 Å². The second kappa shape index (κ2) is 63.2. The molecule has 0 aromatic rings. The molecule has 2 N–H and O–H groups in total. The van der Waals surface area contributed by atoms with Crippen LogP contribution in [0.2, 0.25) is 0 Å². The van der Waals surface area contributed by atoms with E-state index in [2.05, 4.69) is 177 Å². The maximum atomic E-state index is 10.8. The van der Waals surface area contributed by atoms with E-state index in [-0.39, 0.29) is 18.5 Å². The van der Waals surface area contributed by atoms with E-state index >= 15 is 0 Å². The van der Waals surface area contributed by atoms with Crippen molar-refractivity contribution in [3.8, 4) is 0 Å². The standard InChI is InChI=1S/C15H24O3S.C12H20O2S.C11H18OS.C9H16.C8H14S/c1-14(16)10-6-5-9-13-19-12-8-4-2-3-7-11-15(17)18;1-11(2)7-5-4-6-9-15-10-8-12(13)14-3;1-11(2)7-4-3-5-9-13-10-6-8-12;1-4-5-6-7-8-9(2)3;1-8(2)6-4-3-5-7-9/h2,4-6,9-10,14,16H,3,7-8,11-13H2,1H3,(H,17,18);4-7,11H,8-10H2,1-3H3;3-5,7-8,11H,6,9-10H2,1-2H3;5-9H,4H2,1-3H3;3-6,8-9H,7H2,1-2H3/b4-2-,9-5-,10-6+;6-4-,7-5+;5-3-,7-4+;6-5-,8-7+;5-3-,6-4+. The van der Waals surface area contributed by atoms with Gasteiger partial charge >= 0.3 is 11.9 Å². The van der Waals surface area contributed by atoms with E-state index in [0.29, 0.717) is 36.5 Å². The number of carbonyl (C=O) groups is 3. The second-order valence-electron chi connectivity index (χ2n) is 15.4. The number of carbonyl (C=O) groups excluding carboxylic acids is 2. The molecule has 0 saturated heterocycles. The number of allylic oxidation sites excluding steroid dienone is 17. The topological polar surface area (TPSA) is 101 Å². The fourth-order valence-electron chi connectivity index (χ4n) is 3.73. The number of methoxy groups -OCH3 is 1. The lowest BCUT2D eigenvalue weighted by molar-refractivity contribution is -0.140. The van der Waals surface area contributed by atoms with Crippen LogP contribution in [-0.4, -0.2) is 81.9 Å². The van der Waals surface area contributed by atoms with Crippen molar-refractivity contribution in [1.29, 1.82) is 0 Å². The number of aliphatic hydroxyl groups is 1. The van der Waals surface area contributed by atoms with Crippen molar-refractivity contribution in [3.05, 3.63) is 134 Å². The predicted molar refractivity (Wildman–Crippen MR) is 301 cm³/mol. The molecule has 10 heteroatoms. The smallest absolute Gasteiger partial charge is 0.306 e. The number of thiol groups is 1. The summed E-state index contributed by atoms with van der Waals surface area (Å²) in [5, 5.41) is 17.4. The van der Waals surface area contributed by atoms with Crippen molar-refractivity contribution in [3.63, 3.8) is 0 Å². The van der Waals surface area contributed by atoms with Gasteiger partial charge in [0.1, 0.15) is 6.29 Å². The van der Waals surface area contributed by atoms with Gasteiger partial charge in [0.15, 0.2) is 0 Å². The van der Waals surface area contributed by atoms with E-state index in [1.807, 2.05) is 42.1 Å². The molecule has 65 heavy (non-hydrogen) atoms. The molecule has 0 aliphatic carbocycles. The molecule has 1 atom stereocenters. The number of aldehydes is 1. The van der Waals surface area contributed by atoms with Crippen molar-refractivity contribution in [1.82, 2.24) is 0 Å². The molecule has 0 rings (SSSR count). The third kappa shape index (κ3) is 92.2. The van der Waals surface area contributed by atoms with Gasteiger partial charge in [0, 0.05) is 47.4 Å². The van der Waals surface area contributed by atoms with Gasteiger partial charge < -0.3 is 19.7 Å².